The predicted molar refractivity (Wildman–Crippen MR) is 141 cm³/mol. The highest BCUT2D eigenvalue weighted by atomic mass is 16.5. The normalized spacial score (nSPS) is 14.7. The molecule has 0 saturated heterocycles. The van der Waals surface area contributed by atoms with E-state index in [1.807, 2.05) is 53.4 Å². The third-order valence-electron chi connectivity index (χ3n) is 6.28. The maximum atomic E-state index is 13.3. The van der Waals surface area contributed by atoms with Gasteiger partial charge in [-0.1, -0.05) is 30.3 Å². The van der Waals surface area contributed by atoms with Crippen LogP contribution < -0.4 is 14.2 Å². The quantitative estimate of drug-likeness (QED) is 0.300. The summed E-state index contributed by atoms with van der Waals surface area (Å²) in [6.07, 6.45) is 4.10. The zero-order valence-electron chi connectivity index (χ0n) is 21.3. The van der Waals surface area contributed by atoms with Crippen LogP contribution in [0.25, 0.3) is 6.08 Å². The topological polar surface area (TPSA) is 74.3 Å². The third kappa shape index (κ3) is 6.12. The van der Waals surface area contributed by atoms with Crippen LogP contribution >= 0.6 is 0 Å². The molecule has 0 fully saturated rings. The van der Waals surface area contributed by atoms with E-state index in [9.17, 15) is 9.59 Å². The van der Waals surface area contributed by atoms with Gasteiger partial charge in [0.15, 0.2) is 11.5 Å². The van der Waals surface area contributed by atoms with Gasteiger partial charge >= 0.3 is 5.97 Å². The van der Waals surface area contributed by atoms with E-state index in [2.05, 4.69) is 0 Å². The van der Waals surface area contributed by atoms with Crippen LogP contribution in [0.1, 0.15) is 40.0 Å². The predicted octanol–water partition coefficient (Wildman–Crippen LogP) is 5.10. The van der Waals surface area contributed by atoms with Gasteiger partial charge in [-0.05, 0) is 72.5 Å². The van der Waals surface area contributed by atoms with Crippen LogP contribution in [-0.4, -0.2) is 50.8 Å². The molecule has 0 aliphatic carbocycles. The highest BCUT2D eigenvalue weighted by Gasteiger charge is 2.32. The van der Waals surface area contributed by atoms with Crippen molar-refractivity contribution < 1.29 is 28.5 Å². The van der Waals surface area contributed by atoms with Crippen molar-refractivity contribution >= 4 is 18.0 Å². The van der Waals surface area contributed by atoms with E-state index >= 15 is 0 Å². The molecular weight excluding hydrogens is 470 g/mol. The molecule has 0 aromatic heterocycles. The second kappa shape index (κ2) is 12.1. The summed E-state index contributed by atoms with van der Waals surface area (Å²) in [7, 11) is 3.20. The standard InChI is InChI=1S/C30H31NO6/c1-4-36-30(33)22-11-13-24(14-12-22)37-20-26-25-19-28(35-3)27(34-2)18-23(25)16-17-31(26)29(32)15-10-21-8-6-5-7-9-21/h5-15,18-19,26H,4,16-17,20H2,1-3H3/b15-10+/t26-/m0/s1. The highest BCUT2D eigenvalue weighted by Crippen LogP contribution is 2.38. The minimum atomic E-state index is -0.377. The number of ether oxygens (including phenoxy) is 4. The largest absolute Gasteiger partial charge is 0.493 e. The Labute approximate surface area is 217 Å². The second-order valence-electron chi connectivity index (χ2n) is 8.50. The number of hydrogen-bond acceptors (Lipinski definition) is 6. The molecule has 7 heteroatoms. The fourth-order valence-electron chi connectivity index (χ4n) is 4.38. The van der Waals surface area contributed by atoms with Gasteiger partial charge in [0.1, 0.15) is 12.4 Å². The van der Waals surface area contributed by atoms with Crippen LogP contribution in [0.2, 0.25) is 0 Å². The van der Waals surface area contributed by atoms with E-state index in [4.69, 9.17) is 18.9 Å². The molecule has 0 spiro atoms. The first-order chi connectivity index (χ1) is 18.0. The smallest absolute Gasteiger partial charge is 0.338 e. The zero-order chi connectivity index (χ0) is 26.2. The molecule has 37 heavy (non-hydrogen) atoms. The molecule has 0 radical (unpaired) electrons. The molecule has 4 rings (SSSR count). The third-order valence-corrected chi connectivity index (χ3v) is 6.28. The average molecular weight is 502 g/mol. The summed E-state index contributed by atoms with van der Waals surface area (Å²) >= 11 is 0. The van der Waals surface area contributed by atoms with Crippen molar-refractivity contribution in [1.29, 1.82) is 0 Å². The molecule has 1 aliphatic heterocycles. The minimum Gasteiger partial charge on any atom is -0.493 e. The summed E-state index contributed by atoms with van der Waals surface area (Å²) in [4.78, 5) is 27.1. The summed E-state index contributed by atoms with van der Waals surface area (Å²) in [6.45, 7) is 2.85. The molecule has 1 aliphatic rings. The van der Waals surface area contributed by atoms with Gasteiger partial charge in [0.2, 0.25) is 5.91 Å². The molecule has 0 saturated carbocycles. The van der Waals surface area contributed by atoms with Gasteiger partial charge in [-0.3, -0.25) is 4.79 Å². The lowest BCUT2D eigenvalue weighted by Gasteiger charge is -2.37. The molecule has 192 valence electrons. The van der Waals surface area contributed by atoms with Gasteiger partial charge in [-0.2, -0.15) is 0 Å². The number of amides is 1. The number of hydrogen-bond donors (Lipinski definition) is 0. The summed E-state index contributed by atoms with van der Waals surface area (Å²) in [5.41, 5.74) is 3.44. The minimum absolute atomic E-state index is 0.101. The Hall–Kier alpha value is -4.26. The van der Waals surface area contributed by atoms with Crippen LogP contribution in [0, 0.1) is 0 Å². The van der Waals surface area contributed by atoms with Crippen molar-refractivity contribution in [2.24, 2.45) is 0 Å². The van der Waals surface area contributed by atoms with E-state index < -0.39 is 0 Å². The first-order valence-corrected chi connectivity index (χ1v) is 12.2. The Morgan fingerprint density at radius 3 is 2.35 bits per heavy atom. The molecular formula is C30H31NO6. The highest BCUT2D eigenvalue weighted by molar-refractivity contribution is 5.92. The summed E-state index contributed by atoms with van der Waals surface area (Å²) in [5, 5.41) is 0. The van der Waals surface area contributed by atoms with Crippen molar-refractivity contribution in [2.75, 3.05) is 34.0 Å². The molecule has 1 atom stereocenters. The number of rotatable bonds is 9. The van der Waals surface area contributed by atoms with Gasteiger partial charge < -0.3 is 23.8 Å². The van der Waals surface area contributed by atoms with Gasteiger partial charge in [0.05, 0.1) is 32.4 Å². The van der Waals surface area contributed by atoms with E-state index in [1.54, 1.807) is 51.5 Å². The SMILES string of the molecule is CCOC(=O)c1ccc(OC[C@H]2c3cc(OC)c(OC)cc3CCN2C(=O)/C=C/c2ccccc2)cc1. The Morgan fingerprint density at radius 1 is 0.973 bits per heavy atom. The van der Waals surface area contributed by atoms with Crippen molar-refractivity contribution in [3.63, 3.8) is 0 Å². The van der Waals surface area contributed by atoms with Crippen LogP contribution in [0.3, 0.4) is 0 Å². The number of nitrogens with zero attached hydrogens (tertiary/aromatic N) is 1. The Kier molecular flexibility index (Phi) is 8.46. The first kappa shape index (κ1) is 25.8. The van der Waals surface area contributed by atoms with Gasteiger partial charge in [-0.25, -0.2) is 4.79 Å². The molecule has 3 aromatic carbocycles. The van der Waals surface area contributed by atoms with Crippen molar-refractivity contribution in [1.82, 2.24) is 4.90 Å². The number of esters is 1. The lowest BCUT2D eigenvalue weighted by Crippen LogP contribution is -2.41. The van der Waals surface area contributed by atoms with Crippen LogP contribution in [0.15, 0.2) is 72.8 Å². The van der Waals surface area contributed by atoms with Crippen LogP contribution in [0.5, 0.6) is 17.2 Å². The molecule has 0 bridgehead atoms. The molecule has 1 heterocycles. The maximum absolute atomic E-state index is 13.3. The van der Waals surface area contributed by atoms with E-state index in [0.717, 1.165) is 16.7 Å². The monoisotopic (exact) mass is 501 g/mol. The average Bonchev–Trinajstić information content (AvgIpc) is 2.94. The number of fused-ring (bicyclic) bond motifs is 1. The lowest BCUT2D eigenvalue weighted by atomic mass is 9.92. The van der Waals surface area contributed by atoms with E-state index in [0.29, 0.717) is 42.4 Å². The van der Waals surface area contributed by atoms with Gasteiger partial charge in [0, 0.05) is 12.6 Å². The number of methoxy groups -OCH3 is 2. The fourth-order valence-corrected chi connectivity index (χ4v) is 4.38. The lowest BCUT2D eigenvalue weighted by molar-refractivity contribution is -0.129. The van der Waals surface area contributed by atoms with Crippen LogP contribution in [-0.2, 0) is 16.0 Å². The van der Waals surface area contributed by atoms with Crippen LogP contribution in [0.4, 0.5) is 0 Å². The number of carbonyl (C=O) groups excluding carboxylic acids is 2. The first-order valence-electron chi connectivity index (χ1n) is 12.2. The number of benzene rings is 3. The van der Waals surface area contributed by atoms with E-state index in [-0.39, 0.29) is 24.5 Å². The number of carbonyl (C=O) groups is 2. The second-order valence-corrected chi connectivity index (χ2v) is 8.50. The summed E-state index contributed by atoms with van der Waals surface area (Å²) < 4.78 is 22.2. The molecule has 0 unspecified atom stereocenters. The van der Waals surface area contributed by atoms with Gasteiger partial charge in [0.25, 0.3) is 0 Å². The molecule has 1 amide bonds. The fraction of sp³-hybridized carbons (Fsp3) is 0.267. The molecule has 0 N–H and O–H groups in total. The Bertz CT molecular complexity index is 1250. The van der Waals surface area contributed by atoms with Crippen molar-refractivity contribution in [3.8, 4) is 17.2 Å². The van der Waals surface area contributed by atoms with Crippen molar-refractivity contribution in [2.45, 2.75) is 19.4 Å². The zero-order valence-corrected chi connectivity index (χ0v) is 21.3. The van der Waals surface area contributed by atoms with Crippen molar-refractivity contribution in [3.05, 3.63) is 95.1 Å². The molecule has 7 nitrogen and oxygen atoms in total. The molecule has 3 aromatic rings. The maximum Gasteiger partial charge on any atom is 0.338 e. The van der Waals surface area contributed by atoms with E-state index in [1.165, 1.54) is 0 Å². The van der Waals surface area contributed by atoms with Gasteiger partial charge in [-0.15, -0.1) is 0 Å². The Morgan fingerprint density at radius 2 is 1.68 bits per heavy atom. The summed E-state index contributed by atoms with van der Waals surface area (Å²) in [6, 6.07) is 20.1. The Balaban J connectivity index is 1.59. The summed E-state index contributed by atoms with van der Waals surface area (Å²) in [5.74, 6) is 1.36.